The van der Waals surface area contributed by atoms with Crippen LogP contribution in [0, 0.1) is 0 Å². The van der Waals surface area contributed by atoms with Gasteiger partial charge in [-0.25, -0.2) is 0 Å². The molecule has 0 spiro atoms. The van der Waals surface area contributed by atoms with Gasteiger partial charge in [-0.15, -0.1) is 11.8 Å². The fourth-order valence-electron chi connectivity index (χ4n) is 1.51. The Balaban J connectivity index is 2.49. The monoisotopic (exact) mass is 239 g/mol. The summed E-state index contributed by atoms with van der Waals surface area (Å²) in [6, 6.07) is 8.70. The molecular weight excluding hydrogens is 218 g/mol. The Hall–Kier alpha value is -0.510. The molecule has 0 fully saturated rings. The molecule has 0 saturated heterocycles. The van der Waals surface area contributed by atoms with E-state index >= 15 is 0 Å². The van der Waals surface area contributed by atoms with Gasteiger partial charge in [0, 0.05) is 30.4 Å². The number of hydrogen-bond acceptors (Lipinski definition) is 3. The van der Waals surface area contributed by atoms with E-state index in [0.29, 0.717) is 5.25 Å². The molecule has 0 radical (unpaired) electrons. The van der Waals surface area contributed by atoms with Crippen molar-refractivity contribution in [3.63, 3.8) is 0 Å². The molecule has 16 heavy (non-hydrogen) atoms. The largest absolute Gasteiger partial charge is 0.385 e. The normalized spacial score (nSPS) is 12.7. The molecule has 0 heterocycles. The quantitative estimate of drug-likeness (QED) is 0.739. The lowest BCUT2D eigenvalue weighted by Gasteiger charge is -2.11. The molecule has 1 unspecified atom stereocenters. The average Bonchev–Trinajstić information content (AvgIpc) is 2.27. The van der Waals surface area contributed by atoms with E-state index in [9.17, 15) is 0 Å². The summed E-state index contributed by atoms with van der Waals surface area (Å²) in [5, 5.41) is 3.77. The molecule has 1 N–H and O–H groups in total. The number of rotatable bonds is 7. The van der Waals surface area contributed by atoms with Crippen LogP contribution in [0.1, 0.15) is 18.9 Å². The molecule has 0 aliphatic heterocycles. The second-order valence-corrected chi connectivity index (χ2v) is 5.40. The minimum atomic E-state index is 0.602. The molecular formula is C13H21NOS. The first-order valence-electron chi connectivity index (χ1n) is 5.65. The maximum Gasteiger partial charge on any atom is 0.0472 e. The first-order chi connectivity index (χ1) is 7.76. The minimum absolute atomic E-state index is 0.602. The molecule has 0 aromatic heterocycles. The Morgan fingerprint density at radius 2 is 2.25 bits per heavy atom. The van der Waals surface area contributed by atoms with Crippen LogP contribution in [0.15, 0.2) is 29.2 Å². The fraction of sp³-hybridized carbons (Fsp3) is 0.538. The number of nitrogens with one attached hydrogen (secondary N) is 1. The van der Waals surface area contributed by atoms with Gasteiger partial charge in [0.05, 0.1) is 0 Å². The molecule has 1 aromatic rings. The summed E-state index contributed by atoms with van der Waals surface area (Å²) in [4.78, 5) is 1.34. The van der Waals surface area contributed by atoms with Crippen LogP contribution in [0.5, 0.6) is 0 Å². The lowest BCUT2D eigenvalue weighted by molar-refractivity contribution is 0.195. The maximum absolute atomic E-state index is 5.09. The Morgan fingerprint density at radius 3 is 2.94 bits per heavy atom. The van der Waals surface area contributed by atoms with Gasteiger partial charge in [-0.3, -0.25) is 0 Å². The molecule has 2 nitrogen and oxygen atoms in total. The number of ether oxygens (including phenoxy) is 1. The van der Waals surface area contributed by atoms with Crippen LogP contribution in [0.3, 0.4) is 0 Å². The number of methoxy groups -OCH3 is 1. The third-order valence-electron chi connectivity index (χ3n) is 2.35. The zero-order chi connectivity index (χ0) is 11.8. The predicted molar refractivity (Wildman–Crippen MR) is 71.0 cm³/mol. The highest BCUT2D eigenvalue weighted by molar-refractivity contribution is 7.99. The molecule has 1 atom stereocenters. The zero-order valence-corrected chi connectivity index (χ0v) is 11.1. The summed E-state index contributed by atoms with van der Waals surface area (Å²) in [5.74, 6) is 0. The van der Waals surface area contributed by atoms with Gasteiger partial charge >= 0.3 is 0 Å². The van der Waals surface area contributed by atoms with E-state index in [2.05, 4.69) is 36.5 Å². The van der Waals surface area contributed by atoms with Crippen LogP contribution >= 0.6 is 11.8 Å². The number of hydrogen-bond donors (Lipinski definition) is 1. The SMILES string of the molecule is CNCc1cccc(SC(C)CCOC)c1. The Kier molecular flexibility index (Phi) is 6.53. The van der Waals surface area contributed by atoms with Crippen molar-refractivity contribution in [2.75, 3.05) is 20.8 Å². The van der Waals surface area contributed by atoms with Crippen molar-refractivity contribution in [1.82, 2.24) is 5.32 Å². The summed E-state index contributed by atoms with van der Waals surface area (Å²) < 4.78 is 5.09. The van der Waals surface area contributed by atoms with Crippen molar-refractivity contribution in [3.8, 4) is 0 Å². The van der Waals surface area contributed by atoms with Gasteiger partial charge in [0.15, 0.2) is 0 Å². The fourth-order valence-corrected chi connectivity index (χ4v) is 2.56. The van der Waals surface area contributed by atoms with Crippen LogP contribution in [-0.4, -0.2) is 26.0 Å². The lowest BCUT2D eigenvalue weighted by Crippen LogP contribution is -2.05. The van der Waals surface area contributed by atoms with E-state index in [1.54, 1.807) is 7.11 Å². The predicted octanol–water partition coefficient (Wildman–Crippen LogP) is 2.92. The molecule has 0 bridgehead atoms. The molecule has 0 saturated carbocycles. The Morgan fingerprint density at radius 1 is 1.44 bits per heavy atom. The Labute approximate surface area is 103 Å². The van der Waals surface area contributed by atoms with Gasteiger partial charge in [-0.2, -0.15) is 0 Å². The lowest BCUT2D eigenvalue weighted by atomic mass is 10.2. The zero-order valence-electron chi connectivity index (χ0n) is 10.3. The number of thioether (sulfide) groups is 1. The molecule has 0 aliphatic carbocycles. The van der Waals surface area contributed by atoms with Crippen LogP contribution in [0.2, 0.25) is 0 Å². The van der Waals surface area contributed by atoms with Crippen molar-refractivity contribution in [3.05, 3.63) is 29.8 Å². The molecule has 0 amide bonds. The first kappa shape index (κ1) is 13.6. The van der Waals surface area contributed by atoms with Crippen molar-refractivity contribution in [1.29, 1.82) is 0 Å². The van der Waals surface area contributed by atoms with Crippen molar-refractivity contribution in [2.45, 2.75) is 30.0 Å². The highest BCUT2D eigenvalue weighted by Gasteiger charge is 2.04. The van der Waals surface area contributed by atoms with Crippen LogP contribution < -0.4 is 5.32 Å². The van der Waals surface area contributed by atoms with Crippen LogP contribution in [0.25, 0.3) is 0 Å². The van der Waals surface area contributed by atoms with Crippen molar-refractivity contribution in [2.24, 2.45) is 0 Å². The molecule has 1 rings (SSSR count). The summed E-state index contributed by atoms with van der Waals surface area (Å²) in [7, 11) is 3.73. The third kappa shape index (κ3) is 5.01. The highest BCUT2D eigenvalue weighted by atomic mass is 32.2. The summed E-state index contributed by atoms with van der Waals surface area (Å²) in [6.45, 7) is 4.01. The highest BCUT2D eigenvalue weighted by Crippen LogP contribution is 2.25. The Bertz CT molecular complexity index is 304. The topological polar surface area (TPSA) is 21.3 Å². The first-order valence-corrected chi connectivity index (χ1v) is 6.53. The van der Waals surface area contributed by atoms with Gasteiger partial charge < -0.3 is 10.1 Å². The average molecular weight is 239 g/mol. The van der Waals surface area contributed by atoms with Crippen LogP contribution in [-0.2, 0) is 11.3 Å². The van der Waals surface area contributed by atoms with E-state index in [4.69, 9.17) is 4.74 Å². The maximum atomic E-state index is 5.09. The van der Waals surface area contributed by atoms with E-state index < -0.39 is 0 Å². The molecule has 90 valence electrons. The van der Waals surface area contributed by atoms with E-state index in [0.717, 1.165) is 19.6 Å². The van der Waals surface area contributed by atoms with E-state index in [-0.39, 0.29) is 0 Å². The van der Waals surface area contributed by atoms with Gasteiger partial charge in [0.2, 0.25) is 0 Å². The second-order valence-electron chi connectivity index (χ2n) is 3.89. The van der Waals surface area contributed by atoms with Crippen molar-refractivity contribution < 1.29 is 4.74 Å². The molecule has 0 aliphatic rings. The molecule has 1 aromatic carbocycles. The summed E-state index contributed by atoms with van der Waals surface area (Å²) in [5.41, 5.74) is 1.34. The summed E-state index contributed by atoms with van der Waals surface area (Å²) >= 11 is 1.92. The van der Waals surface area contributed by atoms with E-state index in [1.165, 1.54) is 10.5 Å². The van der Waals surface area contributed by atoms with E-state index in [1.807, 2.05) is 18.8 Å². The standard InChI is InChI=1S/C13H21NOS/c1-11(7-8-15-3)16-13-6-4-5-12(9-13)10-14-2/h4-6,9,11,14H,7-8,10H2,1-3H3. The second kappa shape index (κ2) is 7.71. The van der Waals surface area contributed by atoms with Gasteiger partial charge in [-0.05, 0) is 31.2 Å². The number of benzene rings is 1. The van der Waals surface area contributed by atoms with Gasteiger partial charge in [0.1, 0.15) is 0 Å². The summed E-state index contributed by atoms with van der Waals surface area (Å²) in [6.07, 6.45) is 1.09. The third-order valence-corrected chi connectivity index (χ3v) is 3.51. The van der Waals surface area contributed by atoms with Crippen molar-refractivity contribution >= 4 is 11.8 Å². The smallest absolute Gasteiger partial charge is 0.0472 e. The van der Waals surface area contributed by atoms with Crippen LogP contribution in [0.4, 0.5) is 0 Å². The molecule has 3 heteroatoms. The van der Waals surface area contributed by atoms with Gasteiger partial charge in [-0.1, -0.05) is 19.1 Å². The minimum Gasteiger partial charge on any atom is -0.385 e. The van der Waals surface area contributed by atoms with Gasteiger partial charge in [0.25, 0.3) is 0 Å².